The van der Waals surface area contributed by atoms with Crippen LogP contribution in [0.2, 0.25) is 0 Å². The predicted octanol–water partition coefficient (Wildman–Crippen LogP) is 2.75. The molecule has 0 saturated carbocycles. The molecule has 0 aliphatic carbocycles. The van der Waals surface area contributed by atoms with Gasteiger partial charge < -0.3 is 5.11 Å². The van der Waals surface area contributed by atoms with E-state index in [9.17, 15) is 4.79 Å². The molecule has 0 radical (unpaired) electrons. The van der Waals surface area contributed by atoms with Crippen LogP contribution in [0.15, 0.2) is 24.4 Å². The first kappa shape index (κ1) is 12.4. The molecule has 2 aromatic rings. The monoisotopic (exact) mass is 244 g/mol. The van der Waals surface area contributed by atoms with Crippen molar-refractivity contribution in [3.63, 3.8) is 0 Å². The molecular formula is C14H16N2O2. The third kappa shape index (κ3) is 2.14. The van der Waals surface area contributed by atoms with Gasteiger partial charge in [-0.15, -0.1) is 0 Å². The second kappa shape index (κ2) is 4.64. The minimum atomic E-state index is -0.927. The van der Waals surface area contributed by atoms with E-state index in [-0.39, 0.29) is 5.56 Å². The molecule has 1 aromatic heterocycles. The van der Waals surface area contributed by atoms with Crippen molar-refractivity contribution in [2.24, 2.45) is 0 Å². The molecule has 4 heteroatoms. The van der Waals surface area contributed by atoms with Crippen LogP contribution in [-0.4, -0.2) is 20.9 Å². The number of benzene rings is 1. The van der Waals surface area contributed by atoms with Crippen LogP contribution in [0.1, 0.15) is 34.1 Å². The summed E-state index contributed by atoms with van der Waals surface area (Å²) in [4.78, 5) is 11.1. The molecule has 0 fully saturated rings. The Morgan fingerprint density at radius 1 is 1.39 bits per heavy atom. The van der Waals surface area contributed by atoms with Crippen molar-refractivity contribution in [3.05, 3.63) is 46.8 Å². The van der Waals surface area contributed by atoms with Gasteiger partial charge in [0.15, 0.2) is 0 Å². The first-order valence-corrected chi connectivity index (χ1v) is 5.92. The fourth-order valence-electron chi connectivity index (χ4n) is 1.94. The summed E-state index contributed by atoms with van der Waals surface area (Å²) in [5, 5.41) is 13.5. The van der Waals surface area contributed by atoms with E-state index in [4.69, 9.17) is 5.11 Å². The smallest absolute Gasteiger partial charge is 0.339 e. The fourth-order valence-corrected chi connectivity index (χ4v) is 1.94. The van der Waals surface area contributed by atoms with Crippen LogP contribution in [0.5, 0.6) is 0 Å². The van der Waals surface area contributed by atoms with Crippen molar-refractivity contribution in [1.29, 1.82) is 0 Å². The summed E-state index contributed by atoms with van der Waals surface area (Å²) < 4.78 is 1.66. The summed E-state index contributed by atoms with van der Waals surface area (Å²) in [7, 11) is 0. The number of nitrogens with zero attached hydrogens (tertiary/aromatic N) is 2. The number of carboxylic acids is 1. The maximum atomic E-state index is 11.1. The van der Waals surface area contributed by atoms with Gasteiger partial charge in [0.25, 0.3) is 0 Å². The minimum Gasteiger partial charge on any atom is -0.478 e. The standard InChI is InChI=1S/C14H16N2O2/c1-4-12-11(14(17)18)8-16(15-12)13-7-9(2)5-6-10(13)3/h5-8H,4H2,1-3H3,(H,17,18). The minimum absolute atomic E-state index is 0.276. The Morgan fingerprint density at radius 2 is 2.11 bits per heavy atom. The maximum Gasteiger partial charge on any atom is 0.339 e. The second-order valence-electron chi connectivity index (χ2n) is 4.38. The summed E-state index contributed by atoms with van der Waals surface area (Å²) in [5.74, 6) is -0.927. The molecule has 4 nitrogen and oxygen atoms in total. The number of carbonyl (C=O) groups is 1. The van der Waals surface area contributed by atoms with E-state index in [1.807, 2.05) is 39.0 Å². The molecule has 1 heterocycles. The molecule has 0 saturated heterocycles. The zero-order valence-electron chi connectivity index (χ0n) is 10.8. The second-order valence-corrected chi connectivity index (χ2v) is 4.38. The van der Waals surface area contributed by atoms with E-state index in [2.05, 4.69) is 5.10 Å². The summed E-state index contributed by atoms with van der Waals surface area (Å²) in [5.41, 5.74) is 4.02. The Labute approximate surface area is 106 Å². The van der Waals surface area contributed by atoms with Gasteiger partial charge in [0, 0.05) is 6.20 Å². The van der Waals surface area contributed by atoms with E-state index < -0.39 is 5.97 Å². The van der Waals surface area contributed by atoms with Crippen LogP contribution < -0.4 is 0 Å². The lowest BCUT2D eigenvalue weighted by atomic mass is 10.1. The first-order valence-electron chi connectivity index (χ1n) is 5.92. The lowest BCUT2D eigenvalue weighted by Crippen LogP contribution is -1.99. The van der Waals surface area contributed by atoms with E-state index in [1.54, 1.807) is 10.9 Å². The molecule has 0 unspecified atom stereocenters. The van der Waals surface area contributed by atoms with Crippen molar-refractivity contribution in [3.8, 4) is 5.69 Å². The van der Waals surface area contributed by atoms with Gasteiger partial charge >= 0.3 is 5.97 Å². The van der Waals surface area contributed by atoms with Crippen molar-refractivity contribution < 1.29 is 9.90 Å². The Balaban J connectivity index is 2.57. The van der Waals surface area contributed by atoms with Gasteiger partial charge in [0.2, 0.25) is 0 Å². The number of hydrogen-bond donors (Lipinski definition) is 1. The van der Waals surface area contributed by atoms with Crippen molar-refractivity contribution in [1.82, 2.24) is 9.78 Å². The molecule has 0 aliphatic rings. The van der Waals surface area contributed by atoms with Gasteiger partial charge in [-0.25, -0.2) is 9.48 Å². The van der Waals surface area contributed by atoms with E-state index in [1.165, 1.54) is 0 Å². The Hall–Kier alpha value is -2.10. The van der Waals surface area contributed by atoms with Crippen molar-refractivity contribution >= 4 is 5.97 Å². The Bertz CT molecular complexity index is 600. The van der Waals surface area contributed by atoms with E-state index >= 15 is 0 Å². The summed E-state index contributed by atoms with van der Waals surface area (Å²) in [6.07, 6.45) is 2.20. The highest BCUT2D eigenvalue weighted by molar-refractivity contribution is 5.88. The number of aromatic nitrogens is 2. The summed E-state index contributed by atoms with van der Waals surface area (Å²) >= 11 is 0. The molecule has 0 spiro atoms. The highest BCUT2D eigenvalue weighted by Gasteiger charge is 2.15. The fraction of sp³-hybridized carbons (Fsp3) is 0.286. The average molecular weight is 244 g/mol. The first-order chi connectivity index (χ1) is 8.52. The lowest BCUT2D eigenvalue weighted by molar-refractivity contribution is 0.0695. The summed E-state index contributed by atoms with van der Waals surface area (Å²) in [6.45, 7) is 5.90. The van der Waals surface area contributed by atoms with Gasteiger partial charge in [-0.3, -0.25) is 0 Å². The molecule has 94 valence electrons. The highest BCUT2D eigenvalue weighted by atomic mass is 16.4. The largest absolute Gasteiger partial charge is 0.478 e. The normalized spacial score (nSPS) is 10.6. The maximum absolute atomic E-state index is 11.1. The van der Waals surface area contributed by atoms with Gasteiger partial charge in [-0.1, -0.05) is 19.1 Å². The molecule has 18 heavy (non-hydrogen) atoms. The molecule has 0 amide bonds. The molecule has 1 aromatic carbocycles. The number of rotatable bonds is 3. The molecule has 0 bridgehead atoms. The summed E-state index contributed by atoms with van der Waals surface area (Å²) in [6, 6.07) is 6.05. The van der Waals surface area contributed by atoms with Gasteiger partial charge in [-0.2, -0.15) is 5.10 Å². The Kier molecular flexibility index (Phi) is 3.19. The third-order valence-corrected chi connectivity index (χ3v) is 2.97. The quantitative estimate of drug-likeness (QED) is 0.903. The lowest BCUT2D eigenvalue weighted by Gasteiger charge is -2.06. The number of aromatic carboxylic acids is 1. The number of carboxylic acid groups (broad SMARTS) is 1. The molecule has 0 aliphatic heterocycles. The molecule has 2 rings (SSSR count). The number of hydrogen-bond acceptors (Lipinski definition) is 2. The average Bonchev–Trinajstić information content (AvgIpc) is 2.76. The number of aryl methyl sites for hydroxylation is 3. The molecule has 1 N–H and O–H groups in total. The zero-order chi connectivity index (χ0) is 13.3. The van der Waals surface area contributed by atoms with Crippen LogP contribution >= 0.6 is 0 Å². The molecular weight excluding hydrogens is 228 g/mol. The highest BCUT2D eigenvalue weighted by Crippen LogP contribution is 2.18. The van der Waals surface area contributed by atoms with Gasteiger partial charge in [-0.05, 0) is 37.5 Å². The predicted molar refractivity (Wildman–Crippen MR) is 69.4 cm³/mol. The van der Waals surface area contributed by atoms with E-state index in [0.717, 1.165) is 16.8 Å². The SMILES string of the molecule is CCc1nn(-c2cc(C)ccc2C)cc1C(=O)O. The third-order valence-electron chi connectivity index (χ3n) is 2.97. The topological polar surface area (TPSA) is 55.1 Å². The van der Waals surface area contributed by atoms with Crippen molar-refractivity contribution in [2.75, 3.05) is 0 Å². The van der Waals surface area contributed by atoms with Crippen LogP contribution in [0.25, 0.3) is 5.69 Å². The van der Waals surface area contributed by atoms with Gasteiger partial charge in [0.1, 0.15) is 5.56 Å². The van der Waals surface area contributed by atoms with Crippen LogP contribution in [0.4, 0.5) is 0 Å². The van der Waals surface area contributed by atoms with Gasteiger partial charge in [0.05, 0.1) is 11.4 Å². The zero-order valence-corrected chi connectivity index (χ0v) is 10.8. The van der Waals surface area contributed by atoms with Crippen LogP contribution in [0.3, 0.4) is 0 Å². The van der Waals surface area contributed by atoms with Crippen molar-refractivity contribution in [2.45, 2.75) is 27.2 Å². The molecule has 0 atom stereocenters. The van der Waals surface area contributed by atoms with Crippen LogP contribution in [0, 0.1) is 13.8 Å². The Morgan fingerprint density at radius 3 is 2.67 bits per heavy atom. The van der Waals surface area contributed by atoms with Crippen LogP contribution in [-0.2, 0) is 6.42 Å². The van der Waals surface area contributed by atoms with E-state index in [0.29, 0.717) is 12.1 Å².